The summed E-state index contributed by atoms with van der Waals surface area (Å²) in [6, 6.07) is 14.4. The highest BCUT2D eigenvalue weighted by Crippen LogP contribution is 2.48. The predicted octanol–water partition coefficient (Wildman–Crippen LogP) is 3.14. The van der Waals surface area contributed by atoms with E-state index in [-0.39, 0.29) is 23.5 Å². The molecule has 0 saturated heterocycles. The van der Waals surface area contributed by atoms with Crippen LogP contribution in [-0.2, 0) is 4.79 Å². The lowest BCUT2D eigenvalue weighted by Crippen LogP contribution is -2.14. The maximum absolute atomic E-state index is 12.2. The Balaban J connectivity index is 1.63. The van der Waals surface area contributed by atoms with Gasteiger partial charge >= 0.3 is 0 Å². The topological polar surface area (TPSA) is 58.6 Å². The number of phenolic OH excluding ortho intramolecular Hbond substituents is 1. The Bertz CT molecular complexity index is 651. The van der Waals surface area contributed by atoms with Crippen LogP contribution in [0.4, 0.5) is 5.69 Å². The van der Waals surface area contributed by atoms with Gasteiger partial charge < -0.3 is 15.2 Å². The lowest BCUT2D eigenvalue weighted by molar-refractivity contribution is -0.117. The molecule has 3 rings (SSSR count). The molecule has 0 aliphatic heterocycles. The zero-order chi connectivity index (χ0) is 14.8. The van der Waals surface area contributed by atoms with Crippen molar-refractivity contribution in [2.24, 2.45) is 5.92 Å². The van der Waals surface area contributed by atoms with Crippen LogP contribution in [0.5, 0.6) is 11.5 Å². The monoisotopic (exact) mass is 283 g/mol. The summed E-state index contributed by atoms with van der Waals surface area (Å²) >= 11 is 0. The molecule has 1 aliphatic rings. The van der Waals surface area contributed by atoms with Crippen molar-refractivity contribution in [3.8, 4) is 11.5 Å². The van der Waals surface area contributed by atoms with E-state index in [1.54, 1.807) is 25.3 Å². The number of amides is 1. The number of aromatic hydroxyl groups is 1. The molecule has 2 unspecified atom stereocenters. The summed E-state index contributed by atoms with van der Waals surface area (Å²) in [4.78, 5) is 12.2. The van der Waals surface area contributed by atoms with E-state index in [2.05, 4.69) is 5.32 Å². The molecule has 21 heavy (non-hydrogen) atoms. The van der Waals surface area contributed by atoms with Crippen molar-refractivity contribution < 1.29 is 14.6 Å². The summed E-state index contributed by atoms with van der Waals surface area (Å²) < 4.78 is 5.14. The summed E-state index contributed by atoms with van der Waals surface area (Å²) in [5, 5.41) is 12.2. The second-order valence-electron chi connectivity index (χ2n) is 5.26. The molecule has 2 atom stereocenters. The van der Waals surface area contributed by atoms with Crippen LogP contribution in [0.15, 0.2) is 48.5 Å². The van der Waals surface area contributed by atoms with E-state index in [0.717, 1.165) is 23.4 Å². The van der Waals surface area contributed by atoms with Crippen molar-refractivity contribution in [3.05, 3.63) is 54.1 Å². The van der Waals surface area contributed by atoms with E-state index in [1.165, 1.54) is 0 Å². The smallest absolute Gasteiger partial charge is 0.228 e. The number of phenols is 1. The number of benzene rings is 2. The molecule has 2 aromatic rings. The largest absolute Gasteiger partial charge is 0.508 e. The molecule has 4 heteroatoms. The molecular formula is C17H17NO3. The van der Waals surface area contributed by atoms with Crippen LogP contribution in [0.25, 0.3) is 0 Å². The minimum absolute atomic E-state index is 0.000689. The first-order valence-corrected chi connectivity index (χ1v) is 6.91. The molecule has 0 heterocycles. The Labute approximate surface area is 123 Å². The van der Waals surface area contributed by atoms with Crippen molar-refractivity contribution in [1.29, 1.82) is 0 Å². The normalized spacial score (nSPS) is 19.9. The van der Waals surface area contributed by atoms with Gasteiger partial charge in [0, 0.05) is 17.7 Å². The molecule has 108 valence electrons. The Morgan fingerprint density at radius 1 is 1.24 bits per heavy atom. The second kappa shape index (κ2) is 5.48. The predicted molar refractivity (Wildman–Crippen MR) is 80.6 cm³/mol. The maximum atomic E-state index is 12.2. The van der Waals surface area contributed by atoms with E-state index >= 15 is 0 Å². The standard InChI is InChI=1S/C17H17NO3/c1-21-14-4-2-3-12(9-14)18-17(20)16-10-15(16)11-5-7-13(19)8-6-11/h2-9,15-16,19H,10H2,1H3,(H,18,20). The highest BCUT2D eigenvalue weighted by atomic mass is 16.5. The van der Waals surface area contributed by atoms with Crippen LogP contribution in [0.1, 0.15) is 17.9 Å². The highest BCUT2D eigenvalue weighted by molar-refractivity contribution is 5.95. The van der Waals surface area contributed by atoms with Crippen LogP contribution < -0.4 is 10.1 Å². The number of hydrogen-bond donors (Lipinski definition) is 2. The number of nitrogens with one attached hydrogen (secondary N) is 1. The number of rotatable bonds is 4. The molecule has 0 spiro atoms. The van der Waals surface area contributed by atoms with Crippen molar-refractivity contribution in [2.45, 2.75) is 12.3 Å². The zero-order valence-corrected chi connectivity index (χ0v) is 11.7. The Kier molecular flexibility index (Phi) is 3.52. The maximum Gasteiger partial charge on any atom is 0.228 e. The van der Waals surface area contributed by atoms with E-state index in [1.807, 2.05) is 30.3 Å². The molecule has 2 aromatic carbocycles. The summed E-state index contributed by atoms with van der Waals surface area (Å²) in [7, 11) is 1.60. The van der Waals surface area contributed by atoms with E-state index in [9.17, 15) is 9.90 Å². The molecule has 0 radical (unpaired) electrons. The Morgan fingerprint density at radius 2 is 2.00 bits per heavy atom. The van der Waals surface area contributed by atoms with Crippen LogP contribution in [0.3, 0.4) is 0 Å². The van der Waals surface area contributed by atoms with Crippen LogP contribution in [0, 0.1) is 5.92 Å². The number of carbonyl (C=O) groups is 1. The second-order valence-corrected chi connectivity index (χ2v) is 5.26. The highest BCUT2D eigenvalue weighted by Gasteiger charge is 2.43. The van der Waals surface area contributed by atoms with Gasteiger partial charge in [-0.1, -0.05) is 18.2 Å². The fraction of sp³-hybridized carbons (Fsp3) is 0.235. The first kappa shape index (κ1) is 13.5. The number of anilines is 1. The SMILES string of the molecule is COc1cccc(NC(=O)C2CC2c2ccc(O)cc2)c1. The average molecular weight is 283 g/mol. The van der Waals surface area contributed by atoms with Crippen molar-refractivity contribution in [3.63, 3.8) is 0 Å². The van der Waals surface area contributed by atoms with Gasteiger partial charge in [0.1, 0.15) is 11.5 Å². The van der Waals surface area contributed by atoms with Crippen molar-refractivity contribution >= 4 is 11.6 Å². The molecule has 0 bridgehead atoms. The van der Waals surface area contributed by atoms with Gasteiger partial charge in [-0.15, -0.1) is 0 Å². The van der Waals surface area contributed by atoms with Gasteiger partial charge in [0.25, 0.3) is 0 Å². The van der Waals surface area contributed by atoms with E-state index < -0.39 is 0 Å². The minimum Gasteiger partial charge on any atom is -0.508 e. The van der Waals surface area contributed by atoms with Gasteiger partial charge in [0.05, 0.1) is 7.11 Å². The molecule has 1 amide bonds. The quantitative estimate of drug-likeness (QED) is 0.906. The van der Waals surface area contributed by atoms with Crippen molar-refractivity contribution in [2.75, 3.05) is 12.4 Å². The summed E-state index contributed by atoms with van der Waals surface area (Å²) in [5.74, 6) is 1.24. The van der Waals surface area contributed by atoms with Crippen LogP contribution in [-0.4, -0.2) is 18.1 Å². The molecular weight excluding hydrogens is 266 g/mol. The van der Waals surface area contributed by atoms with Crippen molar-refractivity contribution in [1.82, 2.24) is 0 Å². The zero-order valence-electron chi connectivity index (χ0n) is 11.7. The fourth-order valence-corrected chi connectivity index (χ4v) is 2.51. The van der Waals surface area contributed by atoms with Gasteiger partial charge in [-0.25, -0.2) is 0 Å². The third-order valence-corrected chi connectivity index (χ3v) is 3.79. The number of methoxy groups -OCH3 is 1. The molecule has 1 fully saturated rings. The lowest BCUT2D eigenvalue weighted by atomic mass is 10.1. The first-order chi connectivity index (χ1) is 10.2. The summed E-state index contributed by atoms with van der Waals surface area (Å²) in [5.41, 5.74) is 1.84. The van der Waals surface area contributed by atoms with E-state index in [4.69, 9.17) is 4.74 Å². The molecule has 1 saturated carbocycles. The van der Waals surface area contributed by atoms with Crippen LogP contribution >= 0.6 is 0 Å². The Morgan fingerprint density at radius 3 is 2.71 bits per heavy atom. The number of carbonyl (C=O) groups excluding carboxylic acids is 1. The van der Waals surface area contributed by atoms with Gasteiger partial charge in [-0.3, -0.25) is 4.79 Å². The van der Waals surface area contributed by atoms with Crippen LogP contribution in [0.2, 0.25) is 0 Å². The number of ether oxygens (including phenoxy) is 1. The number of hydrogen-bond acceptors (Lipinski definition) is 3. The molecule has 4 nitrogen and oxygen atoms in total. The third-order valence-electron chi connectivity index (χ3n) is 3.79. The molecule has 1 aliphatic carbocycles. The molecule has 0 aromatic heterocycles. The molecule has 2 N–H and O–H groups in total. The summed E-state index contributed by atoms with van der Waals surface area (Å²) in [6.07, 6.45) is 0.848. The first-order valence-electron chi connectivity index (χ1n) is 6.91. The van der Waals surface area contributed by atoms with Gasteiger partial charge in [0.15, 0.2) is 0 Å². The van der Waals surface area contributed by atoms with Gasteiger partial charge in [-0.05, 0) is 42.2 Å². The fourth-order valence-electron chi connectivity index (χ4n) is 2.51. The lowest BCUT2D eigenvalue weighted by Gasteiger charge is -2.07. The van der Waals surface area contributed by atoms with Gasteiger partial charge in [-0.2, -0.15) is 0 Å². The third kappa shape index (κ3) is 2.99. The van der Waals surface area contributed by atoms with E-state index in [0.29, 0.717) is 0 Å². The van der Waals surface area contributed by atoms with Gasteiger partial charge in [0.2, 0.25) is 5.91 Å². The Hall–Kier alpha value is -2.49. The minimum atomic E-state index is 0.000689. The summed E-state index contributed by atoms with van der Waals surface area (Å²) in [6.45, 7) is 0. The average Bonchev–Trinajstić information content (AvgIpc) is 3.29.